The average molecular weight is 354 g/mol. The van der Waals surface area contributed by atoms with Crippen LogP contribution in [0, 0.1) is 5.82 Å². The van der Waals surface area contributed by atoms with Crippen LogP contribution in [0.3, 0.4) is 0 Å². The topological polar surface area (TPSA) is 49.3 Å². The molecule has 2 aromatic rings. The molecule has 0 bridgehead atoms. The van der Waals surface area contributed by atoms with Crippen molar-refractivity contribution in [3.8, 4) is 0 Å². The van der Waals surface area contributed by atoms with Crippen LogP contribution in [0.5, 0.6) is 0 Å². The number of piperidine rings is 1. The van der Waals surface area contributed by atoms with Crippen LogP contribution in [-0.2, 0) is 13.0 Å². The summed E-state index contributed by atoms with van der Waals surface area (Å²) >= 11 is 0. The molecule has 4 rings (SSSR count). The van der Waals surface area contributed by atoms with Gasteiger partial charge in [-0.3, -0.25) is 9.69 Å². The lowest BCUT2D eigenvalue weighted by Gasteiger charge is -2.33. The van der Waals surface area contributed by atoms with E-state index in [4.69, 9.17) is 4.98 Å². The summed E-state index contributed by atoms with van der Waals surface area (Å²) in [6, 6.07) is 6.15. The van der Waals surface area contributed by atoms with E-state index in [9.17, 15) is 9.18 Å². The molecule has 5 nitrogen and oxygen atoms in total. The number of likely N-dealkylation sites (tertiary alicyclic amines) is 1. The first-order valence-electron chi connectivity index (χ1n) is 9.21. The van der Waals surface area contributed by atoms with Gasteiger partial charge in [-0.2, -0.15) is 0 Å². The minimum Gasteiger partial charge on any atom is -0.334 e. The Bertz CT molecular complexity index is 825. The maximum atomic E-state index is 13.4. The number of carbonyl (C=O) groups excluding carboxylic acids is 1. The van der Waals surface area contributed by atoms with Gasteiger partial charge in [0, 0.05) is 36.8 Å². The van der Waals surface area contributed by atoms with Gasteiger partial charge in [-0.05, 0) is 44.6 Å². The molecule has 3 heterocycles. The number of nitrogens with zero attached hydrogens (tertiary/aromatic N) is 4. The first kappa shape index (κ1) is 17.1. The second-order valence-electron chi connectivity index (χ2n) is 7.18. The number of fused-ring (bicyclic) bond motifs is 1. The van der Waals surface area contributed by atoms with Crippen LogP contribution in [0.1, 0.15) is 52.7 Å². The second kappa shape index (κ2) is 7.11. The average Bonchev–Trinajstić information content (AvgIpc) is 2.67. The lowest BCUT2D eigenvalue weighted by Crippen LogP contribution is -2.37. The van der Waals surface area contributed by atoms with Gasteiger partial charge in [0.25, 0.3) is 5.91 Å². The van der Waals surface area contributed by atoms with E-state index in [1.165, 1.54) is 25.0 Å². The molecule has 0 aliphatic carbocycles. The van der Waals surface area contributed by atoms with Crippen molar-refractivity contribution in [3.63, 3.8) is 0 Å². The van der Waals surface area contributed by atoms with Crippen LogP contribution in [0.25, 0.3) is 0 Å². The molecule has 0 N–H and O–H groups in total. The Morgan fingerprint density at radius 3 is 2.96 bits per heavy atom. The molecule has 0 radical (unpaired) electrons. The highest BCUT2D eigenvalue weighted by Gasteiger charge is 2.27. The van der Waals surface area contributed by atoms with Gasteiger partial charge < -0.3 is 4.90 Å². The summed E-state index contributed by atoms with van der Waals surface area (Å²) in [7, 11) is 2.13. The summed E-state index contributed by atoms with van der Waals surface area (Å²) in [6.07, 6.45) is 6.12. The molecular weight excluding hydrogens is 331 g/mol. The van der Waals surface area contributed by atoms with Gasteiger partial charge in [0.05, 0.1) is 11.7 Å². The highest BCUT2D eigenvalue weighted by Crippen LogP contribution is 2.28. The molecule has 6 heteroatoms. The van der Waals surface area contributed by atoms with E-state index >= 15 is 0 Å². The number of aromatic nitrogens is 2. The number of carbonyl (C=O) groups is 1. The first-order chi connectivity index (χ1) is 12.6. The number of benzene rings is 1. The lowest BCUT2D eigenvalue weighted by atomic mass is 10.0. The zero-order chi connectivity index (χ0) is 18.1. The summed E-state index contributed by atoms with van der Waals surface area (Å²) in [6.45, 7) is 2.16. The molecule has 1 amide bonds. The molecule has 1 atom stereocenters. The summed E-state index contributed by atoms with van der Waals surface area (Å²) in [5, 5.41) is 0. The summed E-state index contributed by atoms with van der Waals surface area (Å²) in [5.41, 5.74) is 2.41. The van der Waals surface area contributed by atoms with Crippen LogP contribution < -0.4 is 0 Å². The molecule has 0 unspecified atom stereocenters. The standard InChI is InChI=1S/C20H23FN4O/c1-24-9-3-2-7-18(24)19-22-12-15-13-25(10-8-17(15)23-19)20(26)14-5-4-6-16(21)11-14/h4-6,11-12,18H,2-3,7-10,13H2,1H3/t18-/m1/s1. The molecule has 1 fully saturated rings. The Kier molecular flexibility index (Phi) is 4.68. The van der Waals surface area contributed by atoms with E-state index < -0.39 is 5.82 Å². The Labute approximate surface area is 152 Å². The van der Waals surface area contributed by atoms with Crippen LogP contribution in [0.2, 0.25) is 0 Å². The van der Waals surface area contributed by atoms with Gasteiger partial charge in [0.15, 0.2) is 0 Å². The van der Waals surface area contributed by atoms with E-state index in [0.29, 0.717) is 31.1 Å². The summed E-state index contributed by atoms with van der Waals surface area (Å²) in [4.78, 5) is 26.1. The molecule has 2 aliphatic heterocycles. The molecule has 0 saturated carbocycles. The van der Waals surface area contributed by atoms with E-state index in [0.717, 1.165) is 30.0 Å². The van der Waals surface area contributed by atoms with E-state index in [2.05, 4.69) is 16.9 Å². The maximum Gasteiger partial charge on any atom is 0.254 e. The highest BCUT2D eigenvalue weighted by atomic mass is 19.1. The third kappa shape index (κ3) is 3.33. The molecule has 1 aromatic carbocycles. The number of amides is 1. The summed E-state index contributed by atoms with van der Waals surface area (Å²) < 4.78 is 13.4. The lowest BCUT2D eigenvalue weighted by molar-refractivity contribution is 0.0732. The van der Waals surface area contributed by atoms with Crippen LogP contribution in [-0.4, -0.2) is 45.8 Å². The van der Waals surface area contributed by atoms with Crippen molar-refractivity contribution < 1.29 is 9.18 Å². The third-order valence-electron chi connectivity index (χ3n) is 5.38. The van der Waals surface area contributed by atoms with Crippen molar-refractivity contribution in [2.75, 3.05) is 20.1 Å². The quantitative estimate of drug-likeness (QED) is 0.832. The van der Waals surface area contributed by atoms with Gasteiger partial charge in [-0.25, -0.2) is 14.4 Å². The number of hydrogen-bond acceptors (Lipinski definition) is 4. The van der Waals surface area contributed by atoms with Crippen LogP contribution >= 0.6 is 0 Å². The van der Waals surface area contributed by atoms with Crippen LogP contribution in [0.15, 0.2) is 30.5 Å². The fraction of sp³-hybridized carbons (Fsp3) is 0.450. The second-order valence-corrected chi connectivity index (χ2v) is 7.18. The van der Waals surface area contributed by atoms with E-state index in [1.807, 2.05) is 6.20 Å². The number of rotatable bonds is 2. The molecule has 1 aromatic heterocycles. The zero-order valence-electron chi connectivity index (χ0n) is 15.0. The third-order valence-corrected chi connectivity index (χ3v) is 5.38. The predicted molar refractivity (Wildman–Crippen MR) is 96.1 cm³/mol. The first-order valence-corrected chi connectivity index (χ1v) is 9.21. The van der Waals surface area contributed by atoms with Crippen LogP contribution in [0.4, 0.5) is 4.39 Å². The van der Waals surface area contributed by atoms with Gasteiger partial charge in [0.1, 0.15) is 11.6 Å². The molecule has 136 valence electrons. The summed E-state index contributed by atoms with van der Waals surface area (Å²) in [5.74, 6) is 0.361. The maximum absolute atomic E-state index is 13.4. The fourth-order valence-corrected chi connectivity index (χ4v) is 3.87. The van der Waals surface area contributed by atoms with Crippen molar-refractivity contribution >= 4 is 5.91 Å². The molecule has 0 spiro atoms. The highest BCUT2D eigenvalue weighted by molar-refractivity contribution is 5.94. The van der Waals surface area contributed by atoms with Crippen molar-refractivity contribution in [3.05, 3.63) is 58.9 Å². The molecule has 2 aliphatic rings. The Morgan fingerprint density at radius 1 is 1.27 bits per heavy atom. The SMILES string of the molecule is CN1CCCC[C@@H]1c1ncc2c(n1)CCN(C(=O)c1cccc(F)c1)C2. The number of halogens is 1. The van der Waals surface area contributed by atoms with Gasteiger partial charge in [-0.1, -0.05) is 12.5 Å². The largest absolute Gasteiger partial charge is 0.334 e. The minimum atomic E-state index is -0.391. The van der Waals surface area contributed by atoms with Crippen molar-refractivity contribution in [1.82, 2.24) is 19.8 Å². The van der Waals surface area contributed by atoms with Gasteiger partial charge in [-0.15, -0.1) is 0 Å². The zero-order valence-corrected chi connectivity index (χ0v) is 15.0. The van der Waals surface area contributed by atoms with Crippen molar-refractivity contribution in [2.45, 2.75) is 38.3 Å². The molecular formula is C20H23FN4O. The molecule has 1 saturated heterocycles. The predicted octanol–water partition coefficient (Wildman–Crippen LogP) is 2.97. The van der Waals surface area contributed by atoms with Gasteiger partial charge >= 0.3 is 0 Å². The number of hydrogen-bond donors (Lipinski definition) is 0. The Hall–Kier alpha value is -2.34. The van der Waals surface area contributed by atoms with Crippen molar-refractivity contribution in [1.29, 1.82) is 0 Å². The smallest absolute Gasteiger partial charge is 0.254 e. The Morgan fingerprint density at radius 2 is 2.15 bits per heavy atom. The van der Waals surface area contributed by atoms with Crippen molar-refractivity contribution in [2.24, 2.45) is 0 Å². The Balaban J connectivity index is 1.52. The normalized spacial score (nSPS) is 20.7. The van der Waals surface area contributed by atoms with E-state index in [-0.39, 0.29) is 5.91 Å². The fourth-order valence-electron chi connectivity index (χ4n) is 3.87. The van der Waals surface area contributed by atoms with E-state index in [1.54, 1.807) is 17.0 Å². The monoisotopic (exact) mass is 354 g/mol. The molecule has 26 heavy (non-hydrogen) atoms. The van der Waals surface area contributed by atoms with Gasteiger partial charge in [0.2, 0.25) is 0 Å². The minimum absolute atomic E-state index is 0.147.